The Morgan fingerprint density at radius 2 is 0.618 bits per heavy atom. The van der Waals surface area contributed by atoms with E-state index in [4.69, 9.17) is 19.4 Å². The summed E-state index contributed by atoms with van der Waals surface area (Å²) in [5, 5.41) is 14.5. The lowest BCUT2D eigenvalue weighted by atomic mass is 10.1. The standard InChI is InChI=1S/C69H48N4OSi2/c1-7-25-51(26-8-1)75(52-27-9-2-10-28-52,53-29-11-3-12-30-53)57-45-50(46-58(48-57)76(54-31-13-4-14-32-54,55-33-15-5-16-34-55)56-35-17-6-18-36-56)68-70-67(49-43-44-66-62(47-49)61-39-21-24-42-65(61)74-66)71-69(72-68)73-63-40-22-19-37-59(63)60-38-20-23-41-64(60)73/h1-48H. The highest BCUT2D eigenvalue weighted by atomic mass is 28.3. The lowest BCUT2D eigenvalue weighted by Crippen LogP contribution is -2.78. The second-order valence-corrected chi connectivity index (χ2v) is 27.1. The monoisotopic (exact) mass is 1000 g/mol. The molecule has 0 aliphatic carbocycles. The van der Waals surface area contributed by atoms with Crippen LogP contribution in [0.5, 0.6) is 0 Å². The first-order valence-corrected chi connectivity index (χ1v) is 29.8. The summed E-state index contributed by atoms with van der Waals surface area (Å²) in [4.78, 5) is 16.9. The number of para-hydroxylation sites is 3. The topological polar surface area (TPSA) is 56.7 Å². The third kappa shape index (κ3) is 7.31. The van der Waals surface area contributed by atoms with Gasteiger partial charge in [-0.3, -0.25) is 4.57 Å². The van der Waals surface area contributed by atoms with Gasteiger partial charge in [-0.25, -0.2) is 4.98 Å². The van der Waals surface area contributed by atoms with Crippen molar-refractivity contribution in [3.05, 3.63) is 291 Å². The van der Waals surface area contributed by atoms with Gasteiger partial charge < -0.3 is 4.42 Å². The van der Waals surface area contributed by atoms with Gasteiger partial charge in [-0.1, -0.05) is 255 Å². The molecule has 0 N–H and O–H groups in total. The predicted octanol–water partition coefficient (Wildman–Crippen LogP) is 11.0. The molecule has 0 spiro atoms. The maximum Gasteiger partial charge on any atom is 0.238 e. The average Bonchev–Trinajstić information content (AvgIpc) is 4.06. The molecule has 3 aromatic heterocycles. The molecule has 0 amide bonds. The Morgan fingerprint density at radius 1 is 0.263 bits per heavy atom. The van der Waals surface area contributed by atoms with E-state index < -0.39 is 16.1 Å². The van der Waals surface area contributed by atoms with Crippen LogP contribution < -0.4 is 41.5 Å². The first kappa shape index (κ1) is 45.1. The van der Waals surface area contributed by atoms with E-state index in [1.807, 2.05) is 18.2 Å². The molecule has 358 valence electrons. The third-order valence-electron chi connectivity index (χ3n) is 15.3. The van der Waals surface area contributed by atoms with Crippen LogP contribution in [0.2, 0.25) is 0 Å². The van der Waals surface area contributed by atoms with Crippen molar-refractivity contribution in [3.8, 4) is 28.7 Å². The molecule has 0 aliphatic heterocycles. The minimum Gasteiger partial charge on any atom is -0.456 e. The van der Waals surface area contributed by atoms with Crippen LogP contribution >= 0.6 is 0 Å². The van der Waals surface area contributed by atoms with Crippen molar-refractivity contribution in [2.45, 2.75) is 0 Å². The van der Waals surface area contributed by atoms with E-state index in [9.17, 15) is 0 Å². The molecular weight excluding hydrogens is 957 g/mol. The zero-order valence-corrected chi connectivity index (χ0v) is 43.4. The van der Waals surface area contributed by atoms with Gasteiger partial charge in [0, 0.05) is 32.7 Å². The van der Waals surface area contributed by atoms with Crippen molar-refractivity contribution in [1.29, 1.82) is 0 Å². The van der Waals surface area contributed by atoms with E-state index in [1.54, 1.807) is 0 Å². The molecule has 0 fully saturated rings. The SMILES string of the molecule is c1ccc([Si](c2ccccc2)(c2ccccc2)c2cc(-c3nc(-c4ccc5oc6ccccc6c5c4)nc(-n4c5ccccc5c5ccccc54)n3)cc([Si](c3ccccc3)(c3ccccc3)c3ccccc3)c2)cc1. The Morgan fingerprint density at radius 3 is 1.05 bits per heavy atom. The van der Waals surface area contributed by atoms with E-state index in [-0.39, 0.29) is 0 Å². The van der Waals surface area contributed by atoms with Gasteiger partial charge in [0.05, 0.1) is 11.0 Å². The second-order valence-electron chi connectivity index (χ2n) is 19.5. The van der Waals surface area contributed by atoms with Crippen LogP contribution in [0.3, 0.4) is 0 Å². The summed E-state index contributed by atoms with van der Waals surface area (Å²) >= 11 is 0. The summed E-state index contributed by atoms with van der Waals surface area (Å²) in [7, 11) is -6.42. The fourth-order valence-corrected chi connectivity index (χ4v) is 21.8. The minimum atomic E-state index is -3.21. The molecule has 11 aromatic carbocycles. The number of hydrogen-bond donors (Lipinski definition) is 0. The molecule has 7 heteroatoms. The summed E-state index contributed by atoms with van der Waals surface area (Å²) in [6.07, 6.45) is 0. The largest absolute Gasteiger partial charge is 0.456 e. The summed E-state index contributed by atoms with van der Waals surface area (Å²) < 4.78 is 8.59. The van der Waals surface area contributed by atoms with E-state index in [2.05, 4.69) is 278 Å². The number of aromatic nitrogens is 4. The van der Waals surface area contributed by atoms with Crippen molar-refractivity contribution >= 4 is 101 Å². The smallest absolute Gasteiger partial charge is 0.238 e. The van der Waals surface area contributed by atoms with Gasteiger partial charge in [0.2, 0.25) is 5.95 Å². The van der Waals surface area contributed by atoms with Crippen LogP contribution in [-0.2, 0) is 0 Å². The molecule has 0 radical (unpaired) electrons. The van der Waals surface area contributed by atoms with Gasteiger partial charge in [-0.2, -0.15) is 9.97 Å². The fourth-order valence-electron chi connectivity index (χ4n) is 12.0. The predicted molar refractivity (Wildman–Crippen MR) is 320 cm³/mol. The molecule has 0 aliphatic rings. The molecule has 0 bridgehead atoms. The molecule has 0 saturated carbocycles. The maximum atomic E-state index is 6.37. The van der Waals surface area contributed by atoms with E-state index in [0.29, 0.717) is 17.6 Å². The van der Waals surface area contributed by atoms with Crippen molar-refractivity contribution in [1.82, 2.24) is 19.5 Å². The Balaban J connectivity index is 1.15. The molecule has 14 rings (SSSR count). The highest BCUT2D eigenvalue weighted by molar-refractivity contribution is 7.22. The van der Waals surface area contributed by atoms with E-state index in [1.165, 1.54) is 41.5 Å². The average molecular weight is 1010 g/mol. The number of furan rings is 1. The Kier molecular flexibility index (Phi) is 11.1. The zero-order valence-electron chi connectivity index (χ0n) is 41.4. The number of fused-ring (bicyclic) bond motifs is 6. The Bertz CT molecular complexity index is 4010. The minimum absolute atomic E-state index is 0.539. The lowest BCUT2D eigenvalue weighted by Gasteiger charge is -2.38. The van der Waals surface area contributed by atoms with Crippen molar-refractivity contribution < 1.29 is 4.42 Å². The van der Waals surface area contributed by atoms with Crippen molar-refractivity contribution in [2.24, 2.45) is 0 Å². The van der Waals surface area contributed by atoms with Gasteiger partial charge in [-0.15, -0.1) is 0 Å². The number of nitrogens with zero attached hydrogens (tertiary/aromatic N) is 4. The molecule has 0 saturated heterocycles. The number of rotatable bonds is 11. The summed E-state index contributed by atoms with van der Waals surface area (Å²) in [5.74, 6) is 1.68. The summed E-state index contributed by atoms with van der Waals surface area (Å²) in [6, 6.07) is 106. The van der Waals surface area contributed by atoms with Crippen LogP contribution in [0.25, 0.3) is 72.5 Å². The van der Waals surface area contributed by atoms with Crippen molar-refractivity contribution in [2.75, 3.05) is 0 Å². The number of hydrogen-bond acceptors (Lipinski definition) is 4. The Hall–Kier alpha value is -9.54. The van der Waals surface area contributed by atoms with Crippen LogP contribution in [0.1, 0.15) is 0 Å². The van der Waals surface area contributed by atoms with Crippen LogP contribution in [-0.4, -0.2) is 35.7 Å². The molecule has 3 heterocycles. The fraction of sp³-hybridized carbons (Fsp3) is 0. The second kappa shape index (κ2) is 18.7. The van der Waals surface area contributed by atoms with Gasteiger partial charge in [0.1, 0.15) is 11.2 Å². The van der Waals surface area contributed by atoms with Gasteiger partial charge in [0.25, 0.3) is 0 Å². The first-order chi connectivity index (χ1) is 37.7. The van der Waals surface area contributed by atoms with Crippen LogP contribution in [0.15, 0.2) is 296 Å². The first-order valence-electron chi connectivity index (χ1n) is 25.8. The maximum absolute atomic E-state index is 6.37. The normalized spacial score (nSPS) is 11.9. The molecule has 76 heavy (non-hydrogen) atoms. The quantitative estimate of drug-likeness (QED) is 0.0957. The van der Waals surface area contributed by atoms with Gasteiger partial charge in [0.15, 0.2) is 27.8 Å². The van der Waals surface area contributed by atoms with Crippen molar-refractivity contribution in [3.63, 3.8) is 0 Å². The van der Waals surface area contributed by atoms with E-state index >= 15 is 0 Å². The van der Waals surface area contributed by atoms with Crippen LogP contribution in [0.4, 0.5) is 0 Å². The molecule has 14 aromatic rings. The van der Waals surface area contributed by atoms with Crippen LogP contribution in [0, 0.1) is 0 Å². The summed E-state index contributed by atoms with van der Waals surface area (Å²) in [6.45, 7) is 0. The molecular formula is C69H48N4OSi2. The highest BCUT2D eigenvalue weighted by Gasteiger charge is 2.46. The summed E-state index contributed by atoms with van der Waals surface area (Å²) in [5.41, 5.74) is 5.46. The highest BCUT2D eigenvalue weighted by Crippen LogP contribution is 2.35. The number of benzene rings is 11. The Labute approximate surface area is 442 Å². The molecule has 5 nitrogen and oxygen atoms in total. The van der Waals surface area contributed by atoms with Gasteiger partial charge in [-0.05, 0) is 77.9 Å². The molecule has 0 atom stereocenters. The third-order valence-corrected chi connectivity index (χ3v) is 24.8. The lowest BCUT2D eigenvalue weighted by molar-refractivity contribution is 0.669. The van der Waals surface area contributed by atoms with E-state index in [0.717, 1.165) is 54.9 Å². The zero-order chi connectivity index (χ0) is 50.5. The van der Waals surface area contributed by atoms with Gasteiger partial charge >= 0.3 is 0 Å². The molecule has 0 unspecified atom stereocenters.